The molecule has 3 rings (SSSR count). The van der Waals surface area contributed by atoms with Gasteiger partial charge in [0, 0.05) is 17.1 Å². The summed E-state index contributed by atoms with van der Waals surface area (Å²) in [7, 11) is 0. The normalized spacial score (nSPS) is 11.9. The van der Waals surface area contributed by atoms with Crippen LogP contribution >= 0.6 is 0 Å². The van der Waals surface area contributed by atoms with E-state index >= 15 is 0 Å². The van der Waals surface area contributed by atoms with Crippen molar-refractivity contribution in [3.63, 3.8) is 0 Å². The van der Waals surface area contributed by atoms with Crippen molar-refractivity contribution in [2.24, 2.45) is 0 Å². The largest absolute Gasteiger partial charge is 0.256 e. The highest BCUT2D eigenvalue weighted by molar-refractivity contribution is 5.95. The highest BCUT2D eigenvalue weighted by Crippen LogP contribution is 2.32. The van der Waals surface area contributed by atoms with Gasteiger partial charge in [-0.2, -0.15) is 0 Å². The molecule has 0 N–H and O–H groups in total. The summed E-state index contributed by atoms with van der Waals surface area (Å²) >= 11 is 0. The van der Waals surface area contributed by atoms with E-state index < -0.39 is 0 Å². The molecule has 0 fully saturated rings. The van der Waals surface area contributed by atoms with Crippen molar-refractivity contribution in [1.82, 2.24) is 4.98 Å². The fourth-order valence-electron chi connectivity index (χ4n) is 2.98. The molecule has 3 aromatic rings. The number of hydrogen-bond acceptors (Lipinski definition) is 1. The van der Waals surface area contributed by atoms with Crippen LogP contribution < -0.4 is 0 Å². The lowest BCUT2D eigenvalue weighted by Crippen LogP contribution is -2.10. The first kappa shape index (κ1) is 14.8. The van der Waals surface area contributed by atoms with Crippen LogP contribution in [0.5, 0.6) is 0 Å². The molecule has 0 aliphatic heterocycles. The monoisotopic (exact) mass is 289 g/mol. The van der Waals surface area contributed by atoms with E-state index in [4.69, 9.17) is 0 Å². The topological polar surface area (TPSA) is 12.9 Å². The van der Waals surface area contributed by atoms with Gasteiger partial charge in [-0.05, 0) is 54.5 Å². The first-order chi connectivity index (χ1) is 10.3. The Hall–Kier alpha value is -2.15. The van der Waals surface area contributed by atoms with Crippen molar-refractivity contribution in [2.45, 2.75) is 40.0 Å². The van der Waals surface area contributed by atoms with Gasteiger partial charge in [0.25, 0.3) is 0 Å². The highest BCUT2D eigenvalue weighted by atomic mass is 14.7. The van der Waals surface area contributed by atoms with Crippen molar-refractivity contribution < 1.29 is 0 Å². The predicted octanol–water partition coefficient (Wildman–Crippen LogP) is 5.82. The number of benzene rings is 2. The maximum Gasteiger partial charge on any atom is 0.0780 e. The number of fused-ring (bicyclic) bond motifs is 1. The Bertz CT molecular complexity index is 818. The second-order valence-electron chi connectivity index (χ2n) is 7.22. The van der Waals surface area contributed by atoms with Gasteiger partial charge in [0.05, 0.1) is 5.69 Å². The minimum atomic E-state index is 0.143. The quantitative estimate of drug-likeness (QED) is 0.550. The molecular formula is C21H23N. The lowest BCUT2D eigenvalue weighted by atomic mass is 9.85. The fourth-order valence-corrected chi connectivity index (χ4v) is 2.98. The van der Waals surface area contributed by atoms with E-state index in [0.717, 1.165) is 5.69 Å². The van der Waals surface area contributed by atoms with Gasteiger partial charge in [0.1, 0.15) is 0 Å². The van der Waals surface area contributed by atoms with Gasteiger partial charge in [-0.1, -0.05) is 50.1 Å². The molecule has 0 saturated carbocycles. The molecule has 0 unspecified atom stereocenters. The first-order valence-electron chi connectivity index (χ1n) is 7.82. The van der Waals surface area contributed by atoms with Crippen LogP contribution in [0.25, 0.3) is 22.0 Å². The summed E-state index contributed by atoms with van der Waals surface area (Å²) in [6, 6.07) is 15.5. The summed E-state index contributed by atoms with van der Waals surface area (Å²) in [4.78, 5) is 4.68. The van der Waals surface area contributed by atoms with E-state index in [1.807, 2.05) is 6.20 Å². The van der Waals surface area contributed by atoms with Crippen molar-refractivity contribution in [3.05, 3.63) is 65.4 Å². The zero-order valence-electron chi connectivity index (χ0n) is 14.1. The third-order valence-electron chi connectivity index (χ3n) is 4.13. The molecule has 2 aromatic carbocycles. The lowest BCUT2D eigenvalue weighted by molar-refractivity contribution is 0.591. The number of hydrogen-bond donors (Lipinski definition) is 0. The van der Waals surface area contributed by atoms with E-state index in [2.05, 4.69) is 82.1 Å². The Balaban J connectivity index is 2.29. The Labute approximate surface area is 133 Å². The van der Waals surface area contributed by atoms with Crippen LogP contribution in [0.15, 0.2) is 48.7 Å². The van der Waals surface area contributed by atoms with Crippen LogP contribution in [0, 0.1) is 13.8 Å². The average molecular weight is 289 g/mol. The minimum absolute atomic E-state index is 0.143. The Morgan fingerprint density at radius 2 is 1.50 bits per heavy atom. The van der Waals surface area contributed by atoms with Crippen molar-refractivity contribution >= 4 is 10.8 Å². The number of pyridine rings is 1. The summed E-state index contributed by atoms with van der Waals surface area (Å²) in [5.74, 6) is 0. The Kier molecular flexibility index (Phi) is 3.52. The molecule has 1 heterocycles. The van der Waals surface area contributed by atoms with E-state index in [0.29, 0.717) is 0 Å². The molecule has 0 spiro atoms. The Morgan fingerprint density at radius 1 is 0.818 bits per heavy atom. The van der Waals surface area contributed by atoms with Crippen LogP contribution in [0.1, 0.15) is 37.5 Å². The maximum atomic E-state index is 4.68. The average Bonchev–Trinajstić information content (AvgIpc) is 2.44. The summed E-state index contributed by atoms with van der Waals surface area (Å²) in [5.41, 5.74) is 6.33. The van der Waals surface area contributed by atoms with E-state index in [9.17, 15) is 0 Å². The number of rotatable bonds is 1. The molecule has 1 aromatic heterocycles. The van der Waals surface area contributed by atoms with E-state index in [-0.39, 0.29) is 5.41 Å². The van der Waals surface area contributed by atoms with Gasteiger partial charge in [0.2, 0.25) is 0 Å². The van der Waals surface area contributed by atoms with E-state index in [1.54, 1.807) is 0 Å². The molecule has 0 saturated heterocycles. The summed E-state index contributed by atoms with van der Waals surface area (Å²) in [5, 5.41) is 2.48. The predicted molar refractivity (Wildman–Crippen MR) is 95.4 cm³/mol. The smallest absolute Gasteiger partial charge is 0.0780 e. The molecule has 22 heavy (non-hydrogen) atoms. The summed E-state index contributed by atoms with van der Waals surface area (Å²) in [6.07, 6.45) is 1.91. The summed E-state index contributed by atoms with van der Waals surface area (Å²) < 4.78 is 0. The third kappa shape index (κ3) is 2.76. The first-order valence-corrected chi connectivity index (χ1v) is 7.82. The van der Waals surface area contributed by atoms with Crippen LogP contribution in [-0.2, 0) is 5.41 Å². The van der Waals surface area contributed by atoms with Crippen LogP contribution in [0.2, 0.25) is 0 Å². The van der Waals surface area contributed by atoms with Crippen LogP contribution in [0.3, 0.4) is 0 Å². The second-order valence-corrected chi connectivity index (χ2v) is 7.22. The molecule has 0 atom stereocenters. The minimum Gasteiger partial charge on any atom is -0.256 e. The van der Waals surface area contributed by atoms with E-state index in [1.165, 1.54) is 33.0 Å². The van der Waals surface area contributed by atoms with Gasteiger partial charge in [-0.15, -0.1) is 0 Å². The molecule has 0 amide bonds. The van der Waals surface area contributed by atoms with Crippen LogP contribution in [0.4, 0.5) is 0 Å². The van der Waals surface area contributed by atoms with Gasteiger partial charge in [0.15, 0.2) is 0 Å². The zero-order chi connectivity index (χ0) is 15.9. The number of nitrogens with zero attached hydrogens (tertiary/aromatic N) is 1. The molecule has 0 radical (unpaired) electrons. The molecule has 112 valence electrons. The maximum absolute atomic E-state index is 4.68. The van der Waals surface area contributed by atoms with Crippen molar-refractivity contribution in [3.8, 4) is 11.3 Å². The van der Waals surface area contributed by atoms with Gasteiger partial charge >= 0.3 is 0 Å². The molecule has 0 bridgehead atoms. The second kappa shape index (κ2) is 5.24. The lowest BCUT2D eigenvalue weighted by Gasteiger charge is -2.20. The highest BCUT2D eigenvalue weighted by Gasteiger charge is 2.15. The number of aromatic nitrogens is 1. The standard InChI is InChI=1S/C21H23N/c1-14-10-15(2)12-17(11-14)20-19-13-18(21(3,4)5)7-6-16(19)8-9-22-20/h6-13H,1-5H3. The SMILES string of the molecule is Cc1cc(C)cc(-c2nccc3ccc(C(C)(C)C)cc23)c1. The van der Waals surface area contributed by atoms with Crippen LogP contribution in [-0.4, -0.2) is 4.98 Å². The zero-order valence-corrected chi connectivity index (χ0v) is 14.1. The Morgan fingerprint density at radius 3 is 2.14 bits per heavy atom. The third-order valence-corrected chi connectivity index (χ3v) is 4.13. The molecule has 0 aliphatic rings. The molecular weight excluding hydrogens is 266 g/mol. The van der Waals surface area contributed by atoms with Crippen molar-refractivity contribution in [1.29, 1.82) is 0 Å². The van der Waals surface area contributed by atoms with Crippen molar-refractivity contribution in [2.75, 3.05) is 0 Å². The van der Waals surface area contributed by atoms with Gasteiger partial charge < -0.3 is 0 Å². The van der Waals surface area contributed by atoms with Gasteiger partial charge in [-0.25, -0.2) is 0 Å². The van der Waals surface area contributed by atoms with Gasteiger partial charge in [-0.3, -0.25) is 4.98 Å². The molecule has 1 nitrogen and oxygen atoms in total. The molecule has 1 heteroatoms. The summed E-state index contributed by atoms with van der Waals surface area (Å²) in [6.45, 7) is 11.0. The fraction of sp³-hybridized carbons (Fsp3) is 0.286. The number of aryl methyl sites for hydroxylation is 2. The molecule has 0 aliphatic carbocycles.